The maximum absolute atomic E-state index is 12.2. The minimum Gasteiger partial charge on any atom is -0.341 e. The highest BCUT2D eigenvalue weighted by Crippen LogP contribution is 2.04. The van der Waals surface area contributed by atoms with Crippen LogP contribution >= 0.6 is 0 Å². The fourth-order valence-electron chi connectivity index (χ4n) is 1.89. The number of aryl methyl sites for hydroxylation is 1. The lowest BCUT2D eigenvalue weighted by Crippen LogP contribution is -2.30. The van der Waals surface area contributed by atoms with Crippen molar-refractivity contribution in [3.05, 3.63) is 64.3 Å². The lowest BCUT2D eigenvalue weighted by atomic mass is 10.2. The minimum absolute atomic E-state index is 0.0883. The van der Waals surface area contributed by atoms with Gasteiger partial charge in [-0.2, -0.15) is 0 Å². The molecule has 0 bridgehead atoms. The monoisotopic (exact) mass is 271 g/mol. The summed E-state index contributed by atoms with van der Waals surface area (Å²) in [5, 5.41) is 0. The van der Waals surface area contributed by atoms with Crippen molar-refractivity contribution >= 4 is 5.91 Å². The second-order valence-corrected chi connectivity index (χ2v) is 4.70. The molecule has 0 unspecified atom stereocenters. The fourth-order valence-corrected chi connectivity index (χ4v) is 1.89. The predicted octanol–water partition coefficient (Wildman–Crippen LogP) is 1.09. The molecular formula is C15H17N3O2. The van der Waals surface area contributed by atoms with Gasteiger partial charge in [0, 0.05) is 45.3 Å². The standard InChI is InChI=1S/C15H17N3O2/c1-17(10-7-12-5-8-16-9-6-12)15(20)13-3-4-14(19)18(2)11-13/h3-6,8-9,11H,7,10H2,1-2H3. The van der Waals surface area contributed by atoms with Gasteiger partial charge in [0.15, 0.2) is 0 Å². The summed E-state index contributed by atoms with van der Waals surface area (Å²) < 4.78 is 1.41. The van der Waals surface area contributed by atoms with Crippen molar-refractivity contribution in [2.45, 2.75) is 6.42 Å². The first kappa shape index (κ1) is 14.0. The van der Waals surface area contributed by atoms with Crippen LogP contribution < -0.4 is 5.56 Å². The molecule has 20 heavy (non-hydrogen) atoms. The number of amides is 1. The molecule has 0 N–H and O–H groups in total. The summed E-state index contributed by atoms with van der Waals surface area (Å²) in [4.78, 5) is 29.1. The van der Waals surface area contributed by atoms with Crippen molar-refractivity contribution in [1.29, 1.82) is 0 Å². The van der Waals surface area contributed by atoms with Crippen molar-refractivity contribution in [2.24, 2.45) is 7.05 Å². The van der Waals surface area contributed by atoms with Crippen LogP contribution in [0.4, 0.5) is 0 Å². The number of hydrogen-bond donors (Lipinski definition) is 0. The normalized spacial score (nSPS) is 10.3. The molecule has 0 saturated carbocycles. The van der Waals surface area contributed by atoms with Crippen molar-refractivity contribution in [3.63, 3.8) is 0 Å². The number of carbonyl (C=O) groups excluding carboxylic acids is 1. The molecule has 0 aliphatic rings. The Morgan fingerprint density at radius 1 is 1.25 bits per heavy atom. The molecule has 0 saturated heterocycles. The molecule has 0 aliphatic heterocycles. The van der Waals surface area contributed by atoms with Crippen LogP contribution in [0, 0.1) is 0 Å². The highest BCUT2D eigenvalue weighted by molar-refractivity contribution is 5.93. The second kappa shape index (κ2) is 6.14. The molecule has 104 valence electrons. The van der Waals surface area contributed by atoms with Gasteiger partial charge in [-0.1, -0.05) is 0 Å². The first-order valence-electron chi connectivity index (χ1n) is 6.39. The number of hydrogen-bond acceptors (Lipinski definition) is 3. The largest absolute Gasteiger partial charge is 0.341 e. The molecule has 0 radical (unpaired) electrons. The van der Waals surface area contributed by atoms with Crippen LogP contribution in [0.5, 0.6) is 0 Å². The SMILES string of the molecule is CN(CCc1ccncc1)C(=O)c1ccc(=O)n(C)c1. The molecular weight excluding hydrogens is 254 g/mol. The molecule has 1 amide bonds. The predicted molar refractivity (Wildman–Crippen MR) is 76.6 cm³/mol. The van der Waals surface area contributed by atoms with Crippen LogP contribution in [0.2, 0.25) is 0 Å². The van der Waals surface area contributed by atoms with Crippen molar-refractivity contribution < 1.29 is 4.79 Å². The van der Waals surface area contributed by atoms with Crippen molar-refractivity contribution in [2.75, 3.05) is 13.6 Å². The molecule has 2 aromatic rings. The van der Waals surface area contributed by atoms with E-state index in [1.54, 1.807) is 43.7 Å². The maximum Gasteiger partial charge on any atom is 0.255 e. The molecule has 5 nitrogen and oxygen atoms in total. The van der Waals surface area contributed by atoms with Gasteiger partial charge in [-0.3, -0.25) is 14.6 Å². The Kier molecular flexibility index (Phi) is 4.30. The van der Waals surface area contributed by atoms with E-state index in [2.05, 4.69) is 4.98 Å². The lowest BCUT2D eigenvalue weighted by molar-refractivity contribution is 0.0795. The zero-order valence-corrected chi connectivity index (χ0v) is 11.6. The zero-order chi connectivity index (χ0) is 14.5. The van der Waals surface area contributed by atoms with E-state index in [1.165, 1.54) is 10.6 Å². The summed E-state index contributed by atoms with van der Waals surface area (Å²) in [6.45, 7) is 0.617. The Morgan fingerprint density at radius 3 is 2.60 bits per heavy atom. The van der Waals surface area contributed by atoms with E-state index in [9.17, 15) is 9.59 Å². The number of aromatic nitrogens is 2. The molecule has 0 aliphatic carbocycles. The average molecular weight is 271 g/mol. The van der Waals surface area contributed by atoms with Gasteiger partial charge in [-0.25, -0.2) is 0 Å². The first-order chi connectivity index (χ1) is 9.58. The van der Waals surface area contributed by atoms with Gasteiger partial charge < -0.3 is 9.47 Å². The van der Waals surface area contributed by atoms with E-state index < -0.39 is 0 Å². The van der Waals surface area contributed by atoms with E-state index in [-0.39, 0.29) is 11.5 Å². The molecule has 2 heterocycles. The third-order valence-electron chi connectivity index (χ3n) is 3.16. The molecule has 0 aromatic carbocycles. The van der Waals surface area contributed by atoms with E-state index in [4.69, 9.17) is 0 Å². The van der Waals surface area contributed by atoms with E-state index >= 15 is 0 Å². The van der Waals surface area contributed by atoms with Crippen LogP contribution in [0.15, 0.2) is 47.7 Å². The number of likely N-dealkylation sites (N-methyl/N-ethyl adjacent to an activating group) is 1. The molecule has 0 fully saturated rings. The van der Waals surface area contributed by atoms with Gasteiger partial charge in [-0.15, -0.1) is 0 Å². The fraction of sp³-hybridized carbons (Fsp3) is 0.267. The summed E-state index contributed by atoms with van der Waals surface area (Å²) in [5.41, 5.74) is 1.53. The van der Waals surface area contributed by atoms with E-state index in [0.717, 1.165) is 12.0 Å². The van der Waals surface area contributed by atoms with Gasteiger partial charge in [0.25, 0.3) is 5.91 Å². The molecule has 2 rings (SSSR count). The number of carbonyl (C=O) groups is 1. The van der Waals surface area contributed by atoms with Gasteiger partial charge in [0.05, 0.1) is 5.56 Å². The zero-order valence-electron chi connectivity index (χ0n) is 11.6. The number of pyridine rings is 2. The quantitative estimate of drug-likeness (QED) is 0.836. The highest BCUT2D eigenvalue weighted by atomic mass is 16.2. The van der Waals surface area contributed by atoms with Gasteiger partial charge in [-0.05, 0) is 30.2 Å². The van der Waals surface area contributed by atoms with Crippen LogP contribution in [0.3, 0.4) is 0 Å². The van der Waals surface area contributed by atoms with E-state index in [1.807, 2.05) is 12.1 Å². The average Bonchev–Trinajstić information content (AvgIpc) is 2.48. The van der Waals surface area contributed by atoms with Crippen molar-refractivity contribution in [3.8, 4) is 0 Å². The number of nitrogens with zero attached hydrogens (tertiary/aromatic N) is 3. The van der Waals surface area contributed by atoms with Crippen LogP contribution in [0.1, 0.15) is 15.9 Å². The Bertz CT molecular complexity index is 650. The summed E-state index contributed by atoms with van der Waals surface area (Å²) in [7, 11) is 3.39. The van der Waals surface area contributed by atoms with Crippen LogP contribution in [0.25, 0.3) is 0 Å². The summed E-state index contributed by atoms with van der Waals surface area (Å²) in [6.07, 6.45) is 5.82. The Morgan fingerprint density at radius 2 is 1.95 bits per heavy atom. The van der Waals surface area contributed by atoms with Gasteiger partial charge in [0.1, 0.15) is 0 Å². The second-order valence-electron chi connectivity index (χ2n) is 4.70. The van der Waals surface area contributed by atoms with Crippen LogP contribution in [-0.2, 0) is 13.5 Å². The highest BCUT2D eigenvalue weighted by Gasteiger charge is 2.12. The molecule has 0 atom stereocenters. The maximum atomic E-state index is 12.2. The molecule has 0 spiro atoms. The van der Waals surface area contributed by atoms with Gasteiger partial charge in [0.2, 0.25) is 5.56 Å². The topological polar surface area (TPSA) is 55.2 Å². The van der Waals surface area contributed by atoms with Gasteiger partial charge >= 0.3 is 0 Å². The third kappa shape index (κ3) is 3.32. The smallest absolute Gasteiger partial charge is 0.255 e. The molecule has 5 heteroatoms. The Labute approximate surface area is 117 Å². The molecule has 2 aromatic heterocycles. The minimum atomic E-state index is -0.124. The van der Waals surface area contributed by atoms with E-state index in [0.29, 0.717) is 12.1 Å². The summed E-state index contributed by atoms with van der Waals surface area (Å²) >= 11 is 0. The Hall–Kier alpha value is -2.43. The lowest BCUT2D eigenvalue weighted by Gasteiger charge is -2.17. The number of rotatable bonds is 4. The van der Waals surface area contributed by atoms with Crippen molar-refractivity contribution in [1.82, 2.24) is 14.5 Å². The Balaban J connectivity index is 2.01. The first-order valence-corrected chi connectivity index (χ1v) is 6.39. The summed E-state index contributed by atoms with van der Waals surface area (Å²) in [6, 6.07) is 6.84. The summed E-state index contributed by atoms with van der Waals surface area (Å²) in [5.74, 6) is -0.0883. The van der Waals surface area contributed by atoms with Crippen LogP contribution in [-0.4, -0.2) is 34.0 Å². The third-order valence-corrected chi connectivity index (χ3v) is 3.16.